The van der Waals surface area contributed by atoms with E-state index >= 15 is 0 Å². The molecule has 0 radical (unpaired) electrons. The highest BCUT2D eigenvalue weighted by Crippen LogP contribution is 2.20. The van der Waals surface area contributed by atoms with E-state index in [1.165, 1.54) is 11.8 Å². The van der Waals surface area contributed by atoms with E-state index in [1.807, 2.05) is 18.2 Å². The SMILES string of the molecule is O=C(NCCc1ccccc1Br)C1CCN(C(=O)c2ccco2)CC1. The largest absolute Gasteiger partial charge is 0.459 e. The van der Waals surface area contributed by atoms with Crippen LogP contribution in [0.1, 0.15) is 29.0 Å². The maximum Gasteiger partial charge on any atom is 0.289 e. The lowest BCUT2D eigenvalue weighted by molar-refractivity contribution is -0.126. The molecule has 0 atom stereocenters. The number of benzene rings is 1. The zero-order chi connectivity index (χ0) is 17.6. The van der Waals surface area contributed by atoms with Crippen molar-refractivity contribution in [1.82, 2.24) is 10.2 Å². The normalized spacial score (nSPS) is 15.2. The van der Waals surface area contributed by atoms with Gasteiger partial charge in [-0.1, -0.05) is 34.1 Å². The summed E-state index contributed by atoms with van der Waals surface area (Å²) in [5.74, 6) is 0.311. The molecule has 1 aliphatic heterocycles. The summed E-state index contributed by atoms with van der Waals surface area (Å²) in [6.45, 7) is 1.79. The molecule has 1 aliphatic rings. The van der Waals surface area contributed by atoms with Crippen molar-refractivity contribution in [2.45, 2.75) is 19.3 Å². The van der Waals surface area contributed by atoms with Crippen molar-refractivity contribution >= 4 is 27.7 Å². The number of amides is 2. The fourth-order valence-corrected chi connectivity index (χ4v) is 3.55. The van der Waals surface area contributed by atoms with Crippen LogP contribution in [0.4, 0.5) is 0 Å². The van der Waals surface area contributed by atoms with Crippen LogP contribution in [0.3, 0.4) is 0 Å². The zero-order valence-corrected chi connectivity index (χ0v) is 15.5. The summed E-state index contributed by atoms with van der Waals surface area (Å²) in [6, 6.07) is 11.4. The number of likely N-dealkylation sites (tertiary alicyclic amines) is 1. The Morgan fingerprint density at radius 3 is 2.60 bits per heavy atom. The molecule has 6 heteroatoms. The zero-order valence-electron chi connectivity index (χ0n) is 13.9. The highest BCUT2D eigenvalue weighted by atomic mass is 79.9. The van der Waals surface area contributed by atoms with Gasteiger partial charge in [-0.05, 0) is 43.0 Å². The molecule has 1 fully saturated rings. The van der Waals surface area contributed by atoms with Crippen molar-refractivity contribution < 1.29 is 14.0 Å². The second-order valence-electron chi connectivity index (χ2n) is 6.18. The second-order valence-corrected chi connectivity index (χ2v) is 7.03. The van der Waals surface area contributed by atoms with E-state index < -0.39 is 0 Å². The molecule has 1 saturated heterocycles. The van der Waals surface area contributed by atoms with Crippen molar-refractivity contribution in [2.75, 3.05) is 19.6 Å². The van der Waals surface area contributed by atoms with Gasteiger partial charge in [0, 0.05) is 30.0 Å². The van der Waals surface area contributed by atoms with Gasteiger partial charge >= 0.3 is 0 Å². The van der Waals surface area contributed by atoms with E-state index in [2.05, 4.69) is 27.3 Å². The maximum absolute atomic E-state index is 12.3. The van der Waals surface area contributed by atoms with Crippen molar-refractivity contribution in [2.24, 2.45) is 5.92 Å². The summed E-state index contributed by atoms with van der Waals surface area (Å²) in [5.41, 5.74) is 1.18. The van der Waals surface area contributed by atoms with Gasteiger partial charge in [-0.25, -0.2) is 0 Å². The predicted molar refractivity (Wildman–Crippen MR) is 98.2 cm³/mol. The fourth-order valence-electron chi connectivity index (χ4n) is 3.07. The molecule has 0 bridgehead atoms. The highest BCUT2D eigenvalue weighted by molar-refractivity contribution is 9.10. The van der Waals surface area contributed by atoms with Crippen LogP contribution in [0.5, 0.6) is 0 Å². The van der Waals surface area contributed by atoms with Gasteiger partial charge in [-0.3, -0.25) is 9.59 Å². The topological polar surface area (TPSA) is 62.6 Å². The Morgan fingerprint density at radius 1 is 1.16 bits per heavy atom. The third kappa shape index (κ3) is 4.51. The standard InChI is InChI=1S/C19H21BrN2O3/c20-16-5-2-1-4-14(16)7-10-21-18(23)15-8-11-22(12-9-15)19(24)17-6-3-13-25-17/h1-6,13,15H,7-12H2,(H,21,23). The van der Waals surface area contributed by atoms with Crippen molar-refractivity contribution in [3.05, 3.63) is 58.5 Å². The molecule has 2 aromatic rings. The Labute approximate surface area is 155 Å². The first kappa shape index (κ1) is 17.7. The summed E-state index contributed by atoms with van der Waals surface area (Å²) in [6.07, 6.45) is 3.67. The number of halogens is 1. The molecule has 0 saturated carbocycles. The molecule has 1 aromatic carbocycles. The minimum Gasteiger partial charge on any atom is -0.459 e. The molecule has 25 heavy (non-hydrogen) atoms. The summed E-state index contributed by atoms with van der Waals surface area (Å²) >= 11 is 3.52. The molecule has 132 valence electrons. The number of carbonyl (C=O) groups excluding carboxylic acids is 2. The summed E-state index contributed by atoms with van der Waals surface area (Å²) in [4.78, 5) is 26.3. The lowest BCUT2D eigenvalue weighted by atomic mass is 9.95. The summed E-state index contributed by atoms with van der Waals surface area (Å²) in [7, 11) is 0. The van der Waals surface area contributed by atoms with Gasteiger partial charge in [0.05, 0.1) is 6.26 Å². The third-order valence-corrected chi connectivity index (χ3v) is 5.31. The van der Waals surface area contributed by atoms with E-state index in [0.717, 1.165) is 10.9 Å². The Hall–Kier alpha value is -2.08. The Bertz CT molecular complexity index is 722. The Kier molecular flexibility index (Phi) is 5.91. The molecular weight excluding hydrogens is 384 g/mol. The van der Waals surface area contributed by atoms with Crippen LogP contribution in [0.15, 0.2) is 51.6 Å². The van der Waals surface area contributed by atoms with Gasteiger partial charge in [0.25, 0.3) is 5.91 Å². The summed E-state index contributed by atoms with van der Waals surface area (Å²) in [5, 5.41) is 3.02. The predicted octanol–water partition coefficient (Wildman–Crippen LogP) is 3.25. The quantitative estimate of drug-likeness (QED) is 0.831. The number of carbonyl (C=O) groups is 2. The number of hydrogen-bond acceptors (Lipinski definition) is 3. The number of rotatable bonds is 5. The lowest BCUT2D eigenvalue weighted by Gasteiger charge is -2.30. The van der Waals surface area contributed by atoms with E-state index in [0.29, 0.717) is 38.2 Å². The van der Waals surface area contributed by atoms with Gasteiger partial charge in [0.15, 0.2) is 5.76 Å². The maximum atomic E-state index is 12.3. The van der Waals surface area contributed by atoms with Gasteiger partial charge in [-0.2, -0.15) is 0 Å². The van der Waals surface area contributed by atoms with Crippen LogP contribution < -0.4 is 5.32 Å². The van der Waals surface area contributed by atoms with Crippen LogP contribution in [-0.2, 0) is 11.2 Å². The smallest absolute Gasteiger partial charge is 0.289 e. The van der Waals surface area contributed by atoms with Crippen LogP contribution >= 0.6 is 15.9 Å². The third-order valence-electron chi connectivity index (χ3n) is 4.54. The average Bonchev–Trinajstić information content (AvgIpc) is 3.17. The summed E-state index contributed by atoms with van der Waals surface area (Å²) < 4.78 is 6.22. The van der Waals surface area contributed by atoms with E-state index in [1.54, 1.807) is 17.0 Å². The van der Waals surface area contributed by atoms with Crippen LogP contribution in [0.2, 0.25) is 0 Å². The second kappa shape index (κ2) is 8.34. The molecule has 1 N–H and O–H groups in total. The molecule has 0 aliphatic carbocycles. The monoisotopic (exact) mass is 404 g/mol. The van der Waals surface area contributed by atoms with E-state index in [-0.39, 0.29) is 17.7 Å². The number of hydrogen-bond donors (Lipinski definition) is 1. The average molecular weight is 405 g/mol. The Balaban J connectivity index is 1.42. The number of nitrogens with zero attached hydrogens (tertiary/aromatic N) is 1. The number of piperidine rings is 1. The first-order valence-corrected chi connectivity index (χ1v) is 9.28. The van der Waals surface area contributed by atoms with Gasteiger partial charge in [0.2, 0.25) is 5.91 Å². The molecule has 2 amide bonds. The molecule has 0 unspecified atom stereocenters. The van der Waals surface area contributed by atoms with Gasteiger partial charge in [-0.15, -0.1) is 0 Å². The molecule has 3 rings (SSSR count). The van der Waals surface area contributed by atoms with Gasteiger partial charge in [0.1, 0.15) is 0 Å². The van der Waals surface area contributed by atoms with Crippen LogP contribution in [-0.4, -0.2) is 36.3 Å². The van der Waals surface area contributed by atoms with Crippen LogP contribution in [0.25, 0.3) is 0 Å². The number of furan rings is 1. The molecular formula is C19H21BrN2O3. The van der Waals surface area contributed by atoms with Crippen LogP contribution in [0, 0.1) is 5.92 Å². The Morgan fingerprint density at radius 2 is 1.92 bits per heavy atom. The number of nitrogens with one attached hydrogen (secondary N) is 1. The van der Waals surface area contributed by atoms with E-state index in [4.69, 9.17) is 4.42 Å². The minimum absolute atomic E-state index is 0.0279. The highest BCUT2D eigenvalue weighted by Gasteiger charge is 2.28. The molecule has 1 aromatic heterocycles. The molecule has 2 heterocycles. The first-order valence-electron chi connectivity index (χ1n) is 8.49. The van der Waals surface area contributed by atoms with Crippen molar-refractivity contribution in [3.63, 3.8) is 0 Å². The van der Waals surface area contributed by atoms with Crippen molar-refractivity contribution in [1.29, 1.82) is 0 Å². The molecule has 0 spiro atoms. The fraction of sp³-hybridized carbons (Fsp3) is 0.368. The van der Waals surface area contributed by atoms with E-state index in [9.17, 15) is 9.59 Å². The lowest BCUT2D eigenvalue weighted by Crippen LogP contribution is -2.43. The van der Waals surface area contributed by atoms with Crippen molar-refractivity contribution in [3.8, 4) is 0 Å². The first-order chi connectivity index (χ1) is 12.1. The molecule has 5 nitrogen and oxygen atoms in total. The minimum atomic E-state index is -0.0993. The van der Waals surface area contributed by atoms with Gasteiger partial charge < -0.3 is 14.6 Å².